The smallest absolute Gasteiger partial charge is 0.254 e. The first-order chi connectivity index (χ1) is 13.1. The summed E-state index contributed by atoms with van der Waals surface area (Å²) in [5.74, 6) is 0.659. The number of hydrogen-bond donors (Lipinski definition) is 1. The summed E-state index contributed by atoms with van der Waals surface area (Å²) in [5.41, 5.74) is 2.97. The van der Waals surface area contributed by atoms with Crippen molar-refractivity contribution in [2.75, 3.05) is 13.1 Å². The highest BCUT2D eigenvalue weighted by molar-refractivity contribution is 5.54. The van der Waals surface area contributed by atoms with Gasteiger partial charge in [0.15, 0.2) is 0 Å². The van der Waals surface area contributed by atoms with Crippen molar-refractivity contribution in [3.05, 3.63) is 46.1 Å². The largest absolute Gasteiger partial charge is 0.306 e. The molecule has 2 aromatic heterocycles. The van der Waals surface area contributed by atoms with Crippen LogP contribution in [0.4, 0.5) is 0 Å². The van der Waals surface area contributed by atoms with Gasteiger partial charge in [-0.1, -0.05) is 19.8 Å². The lowest BCUT2D eigenvalue weighted by Gasteiger charge is -2.42. The van der Waals surface area contributed by atoms with Crippen molar-refractivity contribution in [1.82, 2.24) is 19.9 Å². The second-order valence-electron chi connectivity index (χ2n) is 8.29. The third-order valence-electron chi connectivity index (χ3n) is 6.66. The number of nitrogens with one attached hydrogen (secondary N) is 1. The van der Waals surface area contributed by atoms with E-state index in [0.29, 0.717) is 11.9 Å². The zero-order valence-electron chi connectivity index (χ0n) is 16.5. The van der Waals surface area contributed by atoms with Crippen LogP contribution in [0.5, 0.6) is 0 Å². The van der Waals surface area contributed by atoms with Crippen LogP contribution in [0.1, 0.15) is 63.6 Å². The molecule has 0 aromatic carbocycles. The molecule has 5 heteroatoms. The van der Waals surface area contributed by atoms with E-state index in [1.54, 1.807) is 12.4 Å². The summed E-state index contributed by atoms with van der Waals surface area (Å²) in [5, 5.41) is 0. The molecule has 1 spiro atoms. The van der Waals surface area contributed by atoms with Crippen molar-refractivity contribution in [2.45, 2.75) is 70.3 Å². The molecule has 0 amide bonds. The van der Waals surface area contributed by atoms with Crippen LogP contribution in [0.3, 0.4) is 0 Å². The molecule has 1 aliphatic carbocycles. The maximum absolute atomic E-state index is 12.7. The van der Waals surface area contributed by atoms with Gasteiger partial charge in [-0.2, -0.15) is 0 Å². The number of fused-ring (bicyclic) bond motifs is 2. The van der Waals surface area contributed by atoms with Crippen molar-refractivity contribution in [1.29, 1.82) is 0 Å². The van der Waals surface area contributed by atoms with Crippen LogP contribution in [0, 0.1) is 0 Å². The molecule has 1 saturated heterocycles. The summed E-state index contributed by atoms with van der Waals surface area (Å²) in [4.78, 5) is 27.4. The first kappa shape index (κ1) is 18.4. The molecule has 3 heterocycles. The van der Waals surface area contributed by atoms with E-state index < -0.39 is 0 Å². The Bertz CT molecular complexity index is 837. The van der Waals surface area contributed by atoms with Gasteiger partial charge >= 0.3 is 0 Å². The molecule has 0 bridgehead atoms. The van der Waals surface area contributed by atoms with E-state index in [9.17, 15) is 4.79 Å². The second kappa shape index (κ2) is 7.55. The average molecular weight is 367 g/mol. The van der Waals surface area contributed by atoms with Crippen LogP contribution in [0.25, 0.3) is 11.4 Å². The van der Waals surface area contributed by atoms with Crippen LogP contribution >= 0.6 is 0 Å². The Morgan fingerprint density at radius 1 is 1.30 bits per heavy atom. The molecule has 144 valence electrons. The van der Waals surface area contributed by atoms with E-state index in [-0.39, 0.29) is 11.0 Å². The molecule has 0 radical (unpaired) electrons. The fraction of sp³-hybridized carbons (Fsp3) is 0.591. The Labute approximate surface area is 161 Å². The maximum Gasteiger partial charge on any atom is 0.254 e. The Morgan fingerprint density at radius 2 is 2.11 bits per heavy atom. The molecular formula is C22H30N4O. The highest BCUT2D eigenvalue weighted by Gasteiger charge is 2.44. The average Bonchev–Trinajstić information content (AvgIpc) is 3.06. The Balaban J connectivity index is 1.58. The van der Waals surface area contributed by atoms with E-state index in [1.807, 2.05) is 12.1 Å². The van der Waals surface area contributed by atoms with Gasteiger partial charge in [0.1, 0.15) is 5.82 Å². The number of pyridine rings is 1. The predicted octanol–water partition coefficient (Wildman–Crippen LogP) is 3.69. The van der Waals surface area contributed by atoms with Crippen molar-refractivity contribution in [2.24, 2.45) is 0 Å². The number of unbranched alkanes of at least 4 members (excludes halogenated alkanes) is 1. The lowest BCUT2D eigenvalue weighted by Crippen LogP contribution is -2.45. The first-order valence-electron chi connectivity index (χ1n) is 10.4. The molecule has 4 rings (SSSR count). The molecule has 1 aliphatic heterocycles. The molecule has 1 atom stereocenters. The fourth-order valence-corrected chi connectivity index (χ4v) is 4.85. The maximum atomic E-state index is 12.7. The minimum Gasteiger partial charge on any atom is -0.306 e. The summed E-state index contributed by atoms with van der Waals surface area (Å²) in [7, 11) is 0. The number of rotatable bonds is 5. The molecule has 1 fully saturated rings. The van der Waals surface area contributed by atoms with Crippen LogP contribution in [-0.2, 0) is 11.8 Å². The number of aromatic nitrogens is 3. The molecule has 2 aliphatic rings. The highest BCUT2D eigenvalue weighted by Crippen LogP contribution is 2.45. The number of likely N-dealkylation sites (tertiary alicyclic amines) is 1. The Hall–Kier alpha value is -2.01. The van der Waals surface area contributed by atoms with Crippen LogP contribution in [-0.4, -0.2) is 39.0 Å². The van der Waals surface area contributed by atoms with Gasteiger partial charge in [-0.25, -0.2) is 4.98 Å². The minimum atomic E-state index is 0.0365. The summed E-state index contributed by atoms with van der Waals surface area (Å²) >= 11 is 0. The number of aromatic amines is 1. The van der Waals surface area contributed by atoms with Crippen LogP contribution in [0.15, 0.2) is 29.3 Å². The summed E-state index contributed by atoms with van der Waals surface area (Å²) < 4.78 is 0. The minimum absolute atomic E-state index is 0.0365. The molecular weight excluding hydrogens is 336 g/mol. The normalized spacial score (nSPS) is 19.9. The number of piperidine rings is 1. The molecule has 1 unspecified atom stereocenters. The molecule has 5 nitrogen and oxygen atoms in total. The van der Waals surface area contributed by atoms with Gasteiger partial charge in [-0.05, 0) is 64.3 Å². The number of H-pyrrole nitrogens is 1. The van der Waals surface area contributed by atoms with Gasteiger partial charge in [-0.3, -0.25) is 9.78 Å². The number of nitrogens with zero attached hydrogens (tertiary/aromatic N) is 3. The molecule has 1 N–H and O–H groups in total. The quantitative estimate of drug-likeness (QED) is 0.877. The van der Waals surface area contributed by atoms with Gasteiger partial charge in [0, 0.05) is 35.0 Å². The van der Waals surface area contributed by atoms with Crippen molar-refractivity contribution >= 4 is 0 Å². The van der Waals surface area contributed by atoms with Crippen LogP contribution < -0.4 is 5.56 Å². The summed E-state index contributed by atoms with van der Waals surface area (Å²) in [6.45, 7) is 6.85. The van der Waals surface area contributed by atoms with Crippen molar-refractivity contribution in [3.63, 3.8) is 0 Å². The first-order valence-corrected chi connectivity index (χ1v) is 10.4. The third-order valence-corrected chi connectivity index (χ3v) is 6.66. The molecule has 0 saturated carbocycles. The Morgan fingerprint density at radius 3 is 2.81 bits per heavy atom. The third kappa shape index (κ3) is 3.45. The summed E-state index contributed by atoms with van der Waals surface area (Å²) in [6.07, 6.45) is 11.5. The second-order valence-corrected chi connectivity index (χ2v) is 8.29. The van der Waals surface area contributed by atoms with Crippen molar-refractivity contribution < 1.29 is 0 Å². The van der Waals surface area contributed by atoms with E-state index in [2.05, 4.69) is 28.7 Å². The lowest BCUT2D eigenvalue weighted by atomic mass is 9.75. The zero-order valence-corrected chi connectivity index (χ0v) is 16.5. The Kier molecular flexibility index (Phi) is 5.13. The van der Waals surface area contributed by atoms with Gasteiger partial charge in [0.2, 0.25) is 0 Å². The topological polar surface area (TPSA) is 61.9 Å². The van der Waals surface area contributed by atoms with Gasteiger partial charge < -0.3 is 9.88 Å². The van der Waals surface area contributed by atoms with E-state index in [1.165, 1.54) is 19.3 Å². The number of hydrogen-bond acceptors (Lipinski definition) is 4. The molecule has 2 aromatic rings. The van der Waals surface area contributed by atoms with E-state index in [0.717, 1.165) is 55.6 Å². The van der Waals surface area contributed by atoms with Crippen molar-refractivity contribution in [3.8, 4) is 11.4 Å². The highest BCUT2D eigenvalue weighted by atomic mass is 16.1. The van der Waals surface area contributed by atoms with Gasteiger partial charge in [0.05, 0.1) is 5.69 Å². The summed E-state index contributed by atoms with van der Waals surface area (Å²) in [6, 6.07) is 4.49. The zero-order chi connectivity index (χ0) is 18.9. The molecule has 27 heavy (non-hydrogen) atoms. The standard InChI is InChI=1S/C22H30N4O/c1-3-4-6-16(2)26-13-10-22(11-14-26)9-8-18-19(22)24-20(25-21(18)27)17-7-5-12-23-15-17/h5,7,12,15-16H,3-4,6,8-11,13-14H2,1-2H3,(H,24,25,27). The van der Waals surface area contributed by atoms with Gasteiger partial charge in [-0.15, -0.1) is 0 Å². The monoisotopic (exact) mass is 366 g/mol. The lowest BCUT2D eigenvalue weighted by molar-refractivity contribution is 0.114. The predicted molar refractivity (Wildman–Crippen MR) is 108 cm³/mol. The fourth-order valence-electron chi connectivity index (χ4n) is 4.85. The SMILES string of the molecule is CCCCC(C)N1CCC2(CCc3c2nc(-c2cccnc2)[nH]c3=O)CC1. The van der Waals surface area contributed by atoms with Gasteiger partial charge in [0.25, 0.3) is 5.56 Å². The van der Waals surface area contributed by atoms with Crippen LogP contribution in [0.2, 0.25) is 0 Å². The van der Waals surface area contributed by atoms with E-state index >= 15 is 0 Å². The van der Waals surface area contributed by atoms with E-state index in [4.69, 9.17) is 4.98 Å².